The first-order valence-electron chi connectivity index (χ1n) is 10.0. The second kappa shape index (κ2) is 7.47. The van der Waals surface area contributed by atoms with Gasteiger partial charge in [-0.2, -0.15) is 0 Å². The van der Waals surface area contributed by atoms with Crippen LogP contribution in [0, 0.1) is 18.8 Å². The van der Waals surface area contributed by atoms with E-state index in [2.05, 4.69) is 54.9 Å². The van der Waals surface area contributed by atoms with Crippen LogP contribution in [0.2, 0.25) is 0 Å². The fraction of sp³-hybridized carbons (Fsp3) is 0.545. The van der Waals surface area contributed by atoms with E-state index in [1.807, 2.05) is 4.90 Å². The first-order chi connectivity index (χ1) is 13.0. The molecule has 2 aliphatic rings. The maximum atomic E-state index is 12.9. The molecule has 5 nitrogen and oxygen atoms in total. The molecule has 2 aliphatic heterocycles. The quantitative estimate of drug-likeness (QED) is 0.831. The van der Waals surface area contributed by atoms with E-state index in [4.69, 9.17) is 4.42 Å². The second-order valence-corrected chi connectivity index (χ2v) is 8.49. The van der Waals surface area contributed by atoms with Crippen molar-refractivity contribution in [3.8, 4) is 0 Å². The van der Waals surface area contributed by atoms with Gasteiger partial charge in [0, 0.05) is 39.1 Å². The number of nitrogens with zero attached hydrogens (tertiary/aromatic N) is 3. The summed E-state index contributed by atoms with van der Waals surface area (Å²) in [5.74, 6) is 2.18. The maximum absolute atomic E-state index is 12.9. The van der Waals surface area contributed by atoms with E-state index in [-0.39, 0.29) is 11.8 Å². The van der Waals surface area contributed by atoms with E-state index in [1.165, 1.54) is 17.5 Å². The normalized spacial score (nSPS) is 23.3. The molecule has 0 unspecified atom stereocenters. The fourth-order valence-corrected chi connectivity index (χ4v) is 4.39. The summed E-state index contributed by atoms with van der Waals surface area (Å²) >= 11 is 0. The zero-order valence-corrected chi connectivity index (χ0v) is 16.6. The third-order valence-electron chi connectivity index (χ3n) is 5.67. The monoisotopic (exact) mass is 367 g/mol. The van der Waals surface area contributed by atoms with Gasteiger partial charge < -0.3 is 9.32 Å². The van der Waals surface area contributed by atoms with Gasteiger partial charge in [0.2, 0.25) is 0 Å². The van der Waals surface area contributed by atoms with Crippen LogP contribution >= 0.6 is 0 Å². The molecule has 2 aromatic rings. The number of fused-ring (bicyclic) bond motifs is 1. The zero-order valence-electron chi connectivity index (χ0n) is 16.6. The molecule has 3 heterocycles. The molecule has 27 heavy (non-hydrogen) atoms. The number of aryl methyl sites for hydroxylation is 1. The Labute approximate surface area is 161 Å². The van der Waals surface area contributed by atoms with Crippen LogP contribution in [0.15, 0.2) is 28.7 Å². The molecule has 0 N–H and O–H groups in total. The Morgan fingerprint density at radius 2 is 1.89 bits per heavy atom. The molecular formula is C22H29N3O2. The van der Waals surface area contributed by atoms with E-state index in [0.717, 1.165) is 50.6 Å². The number of likely N-dealkylation sites (tertiary alicyclic amines) is 1. The topological polar surface area (TPSA) is 49.6 Å². The lowest BCUT2D eigenvalue weighted by atomic mass is 9.92. The lowest BCUT2D eigenvalue weighted by molar-refractivity contribution is 0.0581. The predicted molar refractivity (Wildman–Crippen MR) is 104 cm³/mol. The van der Waals surface area contributed by atoms with Crippen LogP contribution in [0.5, 0.6) is 0 Å². The summed E-state index contributed by atoms with van der Waals surface area (Å²) in [6, 6.07) is 8.67. The zero-order chi connectivity index (χ0) is 19.0. The molecule has 2 atom stereocenters. The van der Waals surface area contributed by atoms with Crippen LogP contribution in [0.4, 0.5) is 0 Å². The van der Waals surface area contributed by atoms with E-state index in [9.17, 15) is 4.79 Å². The highest BCUT2D eigenvalue weighted by molar-refractivity contribution is 5.89. The number of hydrogen-bond acceptors (Lipinski definition) is 4. The molecule has 0 aliphatic carbocycles. The molecule has 1 saturated heterocycles. The standard InChI is InChI=1S/C22H29N3O2/c1-15-4-6-18(7-5-15)13-24-9-8-20-19(14-24)23-21(27-20)22(26)25-11-16(2)10-17(3)12-25/h4-7,16-17H,8-14H2,1-3H3/t16-,17-/m0/s1. The number of carbonyl (C=O) groups excluding carboxylic acids is 1. The van der Waals surface area contributed by atoms with Gasteiger partial charge in [0.05, 0.1) is 5.69 Å². The Morgan fingerprint density at radius 1 is 1.19 bits per heavy atom. The minimum absolute atomic E-state index is 0.0483. The summed E-state index contributed by atoms with van der Waals surface area (Å²) in [7, 11) is 0. The molecule has 4 rings (SSSR count). The minimum atomic E-state index is -0.0483. The van der Waals surface area contributed by atoms with Crippen molar-refractivity contribution in [1.82, 2.24) is 14.8 Å². The number of carbonyl (C=O) groups is 1. The lowest BCUT2D eigenvalue weighted by Gasteiger charge is -2.34. The van der Waals surface area contributed by atoms with Crippen molar-refractivity contribution in [3.63, 3.8) is 0 Å². The van der Waals surface area contributed by atoms with Crippen LogP contribution in [0.1, 0.15) is 53.5 Å². The van der Waals surface area contributed by atoms with Crippen molar-refractivity contribution in [3.05, 3.63) is 52.7 Å². The van der Waals surface area contributed by atoms with Crippen LogP contribution in [-0.2, 0) is 19.5 Å². The van der Waals surface area contributed by atoms with Gasteiger partial charge >= 0.3 is 5.91 Å². The van der Waals surface area contributed by atoms with Gasteiger partial charge in [-0.05, 0) is 30.7 Å². The van der Waals surface area contributed by atoms with E-state index in [0.29, 0.717) is 11.8 Å². The number of rotatable bonds is 3. The van der Waals surface area contributed by atoms with Crippen molar-refractivity contribution in [2.75, 3.05) is 19.6 Å². The number of piperidine rings is 1. The van der Waals surface area contributed by atoms with Crippen LogP contribution in [0.25, 0.3) is 0 Å². The first kappa shape index (κ1) is 18.2. The summed E-state index contributed by atoms with van der Waals surface area (Å²) in [4.78, 5) is 21.7. The average Bonchev–Trinajstić information content (AvgIpc) is 3.05. The van der Waals surface area contributed by atoms with Crippen molar-refractivity contribution >= 4 is 5.91 Å². The van der Waals surface area contributed by atoms with Gasteiger partial charge in [-0.15, -0.1) is 0 Å². The van der Waals surface area contributed by atoms with Gasteiger partial charge in [-0.25, -0.2) is 4.98 Å². The smallest absolute Gasteiger partial charge is 0.309 e. The second-order valence-electron chi connectivity index (χ2n) is 8.49. The van der Waals surface area contributed by atoms with Crippen molar-refractivity contribution in [2.45, 2.75) is 46.7 Å². The molecule has 0 bridgehead atoms. The number of benzene rings is 1. The molecule has 1 fully saturated rings. The van der Waals surface area contributed by atoms with Gasteiger partial charge in [-0.3, -0.25) is 9.69 Å². The van der Waals surface area contributed by atoms with Crippen molar-refractivity contribution in [1.29, 1.82) is 0 Å². The summed E-state index contributed by atoms with van der Waals surface area (Å²) in [5.41, 5.74) is 3.51. The highest BCUT2D eigenvalue weighted by Crippen LogP contribution is 2.25. The van der Waals surface area contributed by atoms with Gasteiger partial charge in [0.1, 0.15) is 5.76 Å². The molecule has 144 valence electrons. The third kappa shape index (κ3) is 4.08. The van der Waals surface area contributed by atoms with Crippen molar-refractivity contribution in [2.24, 2.45) is 11.8 Å². The Balaban J connectivity index is 1.44. The molecule has 1 amide bonds. The number of aromatic nitrogens is 1. The fourth-order valence-electron chi connectivity index (χ4n) is 4.39. The third-order valence-corrected chi connectivity index (χ3v) is 5.67. The van der Waals surface area contributed by atoms with E-state index >= 15 is 0 Å². The number of oxazole rings is 1. The van der Waals surface area contributed by atoms with Gasteiger partial charge in [-0.1, -0.05) is 43.7 Å². The minimum Gasteiger partial charge on any atom is -0.437 e. The Morgan fingerprint density at radius 3 is 2.59 bits per heavy atom. The Kier molecular flexibility index (Phi) is 5.04. The highest BCUT2D eigenvalue weighted by Gasteiger charge is 2.31. The predicted octanol–water partition coefficient (Wildman–Crippen LogP) is 3.66. The van der Waals surface area contributed by atoms with Crippen molar-refractivity contribution < 1.29 is 9.21 Å². The molecule has 0 radical (unpaired) electrons. The molecular weight excluding hydrogens is 338 g/mol. The Bertz CT molecular complexity index is 801. The summed E-state index contributed by atoms with van der Waals surface area (Å²) in [6.07, 6.45) is 1.99. The Hall–Kier alpha value is -2.14. The lowest BCUT2D eigenvalue weighted by Crippen LogP contribution is -2.42. The van der Waals surface area contributed by atoms with E-state index < -0.39 is 0 Å². The van der Waals surface area contributed by atoms with Gasteiger partial charge in [0.25, 0.3) is 5.89 Å². The number of hydrogen-bond donors (Lipinski definition) is 0. The maximum Gasteiger partial charge on any atom is 0.309 e. The number of amides is 1. The van der Waals surface area contributed by atoms with Crippen LogP contribution in [0.3, 0.4) is 0 Å². The van der Waals surface area contributed by atoms with E-state index in [1.54, 1.807) is 0 Å². The first-order valence-corrected chi connectivity index (χ1v) is 10.0. The highest BCUT2D eigenvalue weighted by atomic mass is 16.4. The summed E-state index contributed by atoms with van der Waals surface area (Å²) < 4.78 is 5.88. The summed E-state index contributed by atoms with van der Waals surface area (Å²) in [6.45, 7) is 10.7. The SMILES string of the molecule is Cc1ccc(CN2CCc3oc(C(=O)N4C[C@@H](C)C[C@H](C)C4)nc3C2)cc1. The molecule has 1 aromatic heterocycles. The summed E-state index contributed by atoms with van der Waals surface area (Å²) in [5, 5.41) is 0. The van der Waals surface area contributed by atoms with Gasteiger partial charge in [0.15, 0.2) is 0 Å². The van der Waals surface area contributed by atoms with Crippen LogP contribution in [-0.4, -0.2) is 40.3 Å². The average molecular weight is 367 g/mol. The largest absolute Gasteiger partial charge is 0.437 e. The molecule has 0 saturated carbocycles. The molecule has 1 aromatic carbocycles. The molecule has 0 spiro atoms. The van der Waals surface area contributed by atoms with Crippen LogP contribution < -0.4 is 0 Å². The molecule has 5 heteroatoms.